The van der Waals surface area contributed by atoms with Crippen molar-refractivity contribution in [2.45, 2.75) is 13.0 Å². The highest BCUT2D eigenvalue weighted by Gasteiger charge is 2.12. The molecular formula is C18H15ClN6O2S. The second kappa shape index (κ2) is 7.53. The van der Waals surface area contributed by atoms with Gasteiger partial charge in [0, 0.05) is 29.6 Å². The largest absolute Gasteiger partial charge is 0.300 e. The van der Waals surface area contributed by atoms with E-state index in [1.165, 1.54) is 33.1 Å². The molecule has 0 fully saturated rings. The summed E-state index contributed by atoms with van der Waals surface area (Å²) < 4.78 is 2.76. The highest BCUT2D eigenvalue weighted by molar-refractivity contribution is 7.15. The van der Waals surface area contributed by atoms with Gasteiger partial charge in [-0.1, -0.05) is 23.7 Å². The maximum atomic E-state index is 12.4. The Morgan fingerprint density at radius 3 is 2.96 bits per heavy atom. The van der Waals surface area contributed by atoms with Gasteiger partial charge in [-0.15, -0.1) is 11.3 Å². The third-order valence-electron chi connectivity index (χ3n) is 4.10. The summed E-state index contributed by atoms with van der Waals surface area (Å²) in [5.74, 6) is -0.351. The summed E-state index contributed by atoms with van der Waals surface area (Å²) in [6, 6.07) is 7.60. The van der Waals surface area contributed by atoms with Crippen LogP contribution >= 0.6 is 22.9 Å². The Hall–Kier alpha value is -3.04. The zero-order valence-corrected chi connectivity index (χ0v) is 16.4. The van der Waals surface area contributed by atoms with Gasteiger partial charge in [0.1, 0.15) is 18.3 Å². The van der Waals surface area contributed by atoms with Crippen molar-refractivity contribution in [1.29, 1.82) is 0 Å². The van der Waals surface area contributed by atoms with E-state index in [0.717, 1.165) is 10.4 Å². The number of halogens is 1. The number of hydrogen-bond donors (Lipinski definition) is 1. The van der Waals surface area contributed by atoms with E-state index in [1.807, 2.05) is 24.3 Å². The first kappa shape index (κ1) is 18.3. The van der Waals surface area contributed by atoms with Crippen molar-refractivity contribution >= 4 is 45.0 Å². The van der Waals surface area contributed by atoms with Gasteiger partial charge in [0.2, 0.25) is 5.91 Å². The summed E-state index contributed by atoms with van der Waals surface area (Å²) in [4.78, 5) is 34.2. The highest BCUT2D eigenvalue weighted by atomic mass is 35.5. The second-order valence-corrected chi connectivity index (χ2v) is 7.72. The third-order valence-corrected chi connectivity index (χ3v) is 5.25. The molecule has 1 N–H and O–H groups in total. The topological polar surface area (TPSA) is 94.7 Å². The summed E-state index contributed by atoms with van der Waals surface area (Å²) in [5.41, 5.74) is 1.23. The Morgan fingerprint density at radius 1 is 1.29 bits per heavy atom. The van der Waals surface area contributed by atoms with Crippen LogP contribution in [0.1, 0.15) is 10.4 Å². The van der Waals surface area contributed by atoms with E-state index in [0.29, 0.717) is 27.6 Å². The molecule has 8 nitrogen and oxygen atoms in total. The number of nitrogens with one attached hydrogen (secondary N) is 1. The van der Waals surface area contributed by atoms with E-state index in [2.05, 4.69) is 20.4 Å². The molecular weight excluding hydrogens is 400 g/mol. The van der Waals surface area contributed by atoms with Gasteiger partial charge in [-0.2, -0.15) is 5.10 Å². The number of thiazole rings is 1. The van der Waals surface area contributed by atoms with Crippen LogP contribution in [0.4, 0.5) is 5.13 Å². The van der Waals surface area contributed by atoms with Crippen LogP contribution in [0.15, 0.2) is 47.8 Å². The molecule has 0 aliphatic rings. The number of aromatic nitrogens is 5. The molecule has 3 heterocycles. The smallest absolute Gasteiger partial charge is 0.264 e. The zero-order valence-electron chi connectivity index (χ0n) is 14.8. The molecule has 142 valence electrons. The Bertz CT molecular complexity index is 1230. The lowest BCUT2D eigenvalue weighted by Gasteiger charge is -2.05. The van der Waals surface area contributed by atoms with Crippen LogP contribution in [0, 0.1) is 0 Å². The molecule has 0 spiro atoms. The van der Waals surface area contributed by atoms with E-state index in [1.54, 1.807) is 13.2 Å². The molecule has 10 heteroatoms. The van der Waals surface area contributed by atoms with Gasteiger partial charge in [0.05, 0.1) is 6.20 Å². The lowest BCUT2D eigenvalue weighted by Crippen LogP contribution is -2.27. The number of nitrogens with zero attached hydrogens (tertiary/aromatic N) is 5. The number of anilines is 1. The molecule has 0 aliphatic heterocycles. The quantitative estimate of drug-likeness (QED) is 0.541. The van der Waals surface area contributed by atoms with Crippen molar-refractivity contribution in [3.05, 3.63) is 68.8 Å². The lowest BCUT2D eigenvalue weighted by molar-refractivity contribution is -0.116. The molecule has 1 amide bonds. The minimum absolute atomic E-state index is 0.153. The third kappa shape index (κ3) is 3.80. The predicted molar refractivity (Wildman–Crippen MR) is 108 cm³/mol. The molecule has 0 aliphatic carbocycles. The Labute approximate surface area is 168 Å². The standard InChI is InChI=1S/C18H15ClN6O2S/c1-24-16-14(8-22-24)17(27)25(10-21-16)9-15(26)23-18-20-7-13(28-18)6-11-3-2-4-12(19)5-11/h2-5,7-8,10H,6,9H2,1H3,(H,20,23,26). The van der Waals surface area contributed by atoms with Crippen LogP contribution < -0.4 is 10.9 Å². The predicted octanol–water partition coefficient (Wildman–Crippen LogP) is 2.47. The summed E-state index contributed by atoms with van der Waals surface area (Å²) >= 11 is 7.39. The van der Waals surface area contributed by atoms with Crippen LogP contribution in [0.3, 0.4) is 0 Å². The van der Waals surface area contributed by atoms with Gasteiger partial charge in [0.15, 0.2) is 10.8 Å². The Morgan fingerprint density at radius 2 is 2.14 bits per heavy atom. The van der Waals surface area contributed by atoms with Gasteiger partial charge in [0.25, 0.3) is 5.56 Å². The van der Waals surface area contributed by atoms with Crippen LogP contribution in [-0.4, -0.2) is 30.2 Å². The van der Waals surface area contributed by atoms with Crippen LogP contribution in [0.25, 0.3) is 11.0 Å². The van der Waals surface area contributed by atoms with Gasteiger partial charge in [-0.25, -0.2) is 9.97 Å². The molecule has 3 aromatic heterocycles. The van der Waals surface area contributed by atoms with Crippen molar-refractivity contribution in [2.24, 2.45) is 7.05 Å². The Balaban J connectivity index is 1.44. The first-order valence-electron chi connectivity index (χ1n) is 8.36. The summed E-state index contributed by atoms with van der Waals surface area (Å²) in [5, 5.41) is 8.26. The molecule has 4 aromatic rings. The number of amides is 1. The molecule has 0 saturated heterocycles. The van der Waals surface area contributed by atoms with Crippen molar-refractivity contribution < 1.29 is 4.79 Å². The molecule has 0 atom stereocenters. The SMILES string of the molecule is Cn1ncc2c(=O)n(CC(=O)Nc3ncc(Cc4cccc(Cl)c4)s3)cnc21. The Kier molecular flexibility index (Phi) is 4.93. The van der Waals surface area contributed by atoms with Crippen molar-refractivity contribution in [3.63, 3.8) is 0 Å². The maximum absolute atomic E-state index is 12.4. The number of carbonyl (C=O) groups excluding carboxylic acids is 1. The fourth-order valence-corrected chi connectivity index (χ4v) is 3.86. The molecule has 0 radical (unpaired) electrons. The number of aryl methyl sites for hydroxylation is 1. The molecule has 28 heavy (non-hydrogen) atoms. The number of hydrogen-bond acceptors (Lipinski definition) is 6. The zero-order chi connectivity index (χ0) is 19.7. The van der Waals surface area contributed by atoms with Gasteiger partial charge >= 0.3 is 0 Å². The molecule has 0 bridgehead atoms. The minimum atomic E-state index is -0.351. The summed E-state index contributed by atoms with van der Waals surface area (Å²) in [7, 11) is 1.70. The number of carbonyl (C=O) groups is 1. The van der Waals surface area contributed by atoms with Crippen LogP contribution in [0.5, 0.6) is 0 Å². The van der Waals surface area contributed by atoms with Crippen LogP contribution in [0.2, 0.25) is 5.02 Å². The summed E-state index contributed by atoms with van der Waals surface area (Å²) in [6.07, 6.45) is 5.19. The highest BCUT2D eigenvalue weighted by Crippen LogP contribution is 2.22. The fraction of sp³-hybridized carbons (Fsp3) is 0.167. The number of rotatable bonds is 5. The van der Waals surface area contributed by atoms with E-state index in [-0.39, 0.29) is 18.0 Å². The van der Waals surface area contributed by atoms with E-state index < -0.39 is 0 Å². The van der Waals surface area contributed by atoms with Gasteiger partial charge < -0.3 is 5.32 Å². The molecule has 4 rings (SSSR count). The van der Waals surface area contributed by atoms with Crippen molar-refractivity contribution in [2.75, 3.05) is 5.32 Å². The molecule has 1 aromatic carbocycles. The average molecular weight is 415 g/mol. The first-order valence-corrected chi connectivity index (χ1v) is 9.55. The minimum Gasteiger partial charge on any atom is -0.300 e. The van der Waals surface area contributed by atoms with E-state index in [4.69, 9.17) is 11.6 Å². The first-order chi connectivity index (χ1) is 13.5. The molecule has 0 unspecified atom stereocenters. The average Bonchev–Trinajstić information content (AvgIpc) is 3.24. The fourth-order valence-electron chi connectivity index (χ4n) is 2.79. The van der Waals surface area contributed by atoms with E-state index in [9.17, 15) is 9.59 Å². The molecule has 0 saturated carbocycles. The van der Waals surface area contributed by atoms with Crippen molar-refractivity contribution in [1.82, 2.24) is 24.3 Å². The monoisotopic (exact) mass is 414 g/mol. The lowest BCUT2D eigenvalue weighted by atomic mass is 10.1. The second-order valence-electron chi connectivity index (χ2n) is 6.17. The van der Waals surface area contributed by atoms with Gasteiger partial charge in [-0.05, 0) is 17.7 Å². The van der Waals surface area contributed by atoms with Gasteiger partial charge in [-0.3, -0.25) is 18.8 Å². The normalized spacial score (nSPS) is 11.1. The van der Waals surface area contributed by atoms with Crippen molar-refractivity contribution in [3.8, 4) is 0 Å². The maximum Gasteiger partial charge on any atom is 0.264 e. The number of fused-ring (bicyclic) bond motifs is 1. The van der Waals surface area contributed by atoms with Crippen LogP contribution in [-0.2, 0) is 24.8 Å². The van der Waals surface area contributed by atoms with E-state index >= 15 is 0 Å². The number of benzene rings is 1. The summed E-state index contributed by atoms with van der Waals surface area (Å²) in [6.45, 7) is -0.153.